The van der Waals surface area contributed by atoms with Crippen LogP contribution in [0.25, 0.3) is 11.5 Å². The van der Waals surface area contributed by atoms with Crippen molar-refractivity contribution < 1.29 is 23.2 Å². The Labute approximate surface area is 179 Å². The molecule has 3 aromatic heterocycles. The van der Waals surface area contributed by atoms with Crippen molar-refractivity contribution in [3.05, 3.63) is 75.8 Å². The highest BCUT2D eigenvalue weighted by Gasteiger charge is 2.19. The van der Waals surface area contributed by atoms with Crippen LogP contribution in [0.15, 0.2) is 57.6 Å². The van der Waals surface area contributed by atoms with Crippen LogP contribution in [-0.2, 0) is 11.3 Å². The summed E-state index contributed by atoms with van der Waals surface area (Å²) in [4.78, 5) is 24.9. The summed E-state index contributed by atoms with van der Waals surface area (Å²) in [5.41, 5.74) is 1.26. The molecule has 0 aliphatic carbocycles. The number of furan rings is 1. The Hall–Kier alpha value is -3.43. The molecule has 0 atom stereocenters. The van der Waals surface area contributed by atoms with Crippen molar-refractivity contribution in [2.75, 3.05) is 5.32 Å². The van der Waals surface area contributed by atoms with Gasteiger partial charge in [0.1, 0.15) is 4.88 Å². The van der Waals surface area contributed by atoms with Gasteiger partial charge in [-0.2, -0.15) is 0 Å². The number of hydrogen-bond acceptors (Lipinski definition) is 8. The molecule has 1 N–H and O–H groups in total. The van der Waals surface area contributed by atoms with Crippen LogP contribution >= 0.6 is 22.9 Å². The first-order valence-electron chi connectivity index (χ1n) is 8.71. The van der Waals surface area contributed by atoms with E-state index in [2.05, 4.69) is 15.5 Å². The number of rotatable bonds is 6. The summed E-state index contributed by atoms with van der Waals surface area (Å²) >= 11 is 7.22. The Balaban J connectivity index is 1.39. The normalized spacial score (nSPS) is 10.7. The first-order valence-corrected chi connectivity index (χ1v) is 9.90. The van der Waals surface area contributed by atoms with Gasteiger partial charge in [0.2, 0.25) is 5.89 Å². The molecule has 0 unspecified atom stereocenters. The number of carbonyl (C=O) groups is 2. The second-order valence-corrected chi connectivity index (χ2v) is 7.57. The quantitative estimate of drug-likeness (QED) is 0.419. The third-order valence-corrected chi connectivity index (χ3v) is 5.44. The van der Waals surface area contributed by atoms with Crippen LogP contribution < -0.4 is 5.32 Å². The Kier molecular flexibility index (Phi) is 5.64. The summed E-state index contributed by atoms with van der Waals surface area (Å²) in [5.74, 6) is -0.413. The van der Waals surface area contributed by atoms with Crippen molar-refractivity contribution in [2.45, 2.75) is 13.5 Å². The van der Waals surface area contributed by atoms with E-state index in [1.54, 1.807) is 49.4 Å². The number of thiophene rings is 1. The number of hydrogen-bond donors (Lipinski definition) is 1. The molecule has 152 valence electrons. The van der Waals surface area contributed by atoms with Crippen LogP contribution in [0.3, 0.4) is 0 Å². The van der Waals surface area contributed by atoms with Crippen LogP contribution in [0, 0.1) is 6.92 Å². The molecule has 0 bridgehead atoms. The van der Waals surface area contributed by atoms with Crippen molar-refractivity contribution in [2.24, 2.45) is 0 Å². The zero-order chi connectivity index (χ0) is 21.1. The van der Waals surface area contributed by atoms with Gasteiger partial charge in [0.25, 0.3) is 11.8 Å². The number of ether oxygens (including phenoxy) is 1. The molecule has 0 saturated heterocycles. The highest BCUT2D eigenvalue weighted by molar-refractivity contribution is 7.18. The number of aryl methyl sites for hydroxylation is 1. The lowest BCUT2D eigenvalue weighted by molar-refractivity contribution is 0.0443. The number of carbonyl (C=O) groups excluding carboxylic acids is 2. The Bertz CT molecular complexity index is 1200. The van der Waals surface area contributed by atoms with Crippen LogP contribution in [0.2, 0.25) is 5.02 Å². The second-order valence-electron chi connectivity index (χ2n) is 6.11. The zero-order valence-corrected chi connectivity index (χ0v) is 17.1. The lowest BCUT2D eigenvalue weighted by atomic mass is 10.2. The fourth-order valence-electron chi connectivity index (χ4n) is 2.58. The lowest BCUT2D eigenvalue weighted by Crippen LogP contribution is -2.09. The summed E-state index contributed by atoms with van der Waals surface area (Å²) in [6.07, 6.45) is 1.41. The van der Waals surface area contributed by atoms with Crippen molar-refractivity contribution in [3.8, 4) is 11.5 Å². The number of benzene rings is 1. The second kappa shape index (κ2) is 8.52. The molecule has 0 saturated carbocycles. The zero-order valence-electron chi connectivity index (χ0n) is 15.5. The van der Waals surface area contributed by atoms with Crippen LogP contribution in [0.1, 0.15) is 31.7 Å². The molecular weight excluding hydrogens is 430 g/mol. The average molecular weight is 444 g/mol. The van der Waals surface area contributed by atoms with Crippen LogP contribution in [0.4, 0.5) is 5.00 Å². The molecule has 10 heteroatoms. The maximum absolute atomic E-state index is 12.4. The Morgan fingerprint density at radius 3 is 2.80 bits per heavy atom. The first-order chi connectivity index (χ1) is 14.5. The van der Waals surface area contributed by atoms with Gasteiger partial charge in [-0.15, -0.1) is 21.5 Å². The molecule has 1 aromatic carbocycles. The van der Waals surface area contributed by atoms with Gasteiger partial charge in [-0.1, -0.05) is 23.7 Å². The monoisotopic (exact) mass is 443 g/mol. The van der Waals surface area contributed by atoms with Crippen LogP contribution in [-0.4, -0.2) is 22.1 Å². The average Bonchev–Trinajstić information content (AvgIpc) is 3.48. The van der Waals surface area contributed by atoms with E-state index in [1.807, 2.05) is 0 Å². The van der Waals surface area contributed by atoms with E-state index in [0.29, 0.717) is 26.0 Å². The minimum atomic E-state index is -0.562. The number of nitrogens with zero attached hydrogens (tertiary/aromatic N) is 2. The molecular formula is C20H14ClN3O5S. The van der Waals surface area contributed by atoms with Gasteiger partial charge in [-0.05, 0) is 42.8 Å². The molecule has 4 aromatic rings. The summed E-state index contributed by atoms with van der Waals surface area (Å²) in [6, 6.07) is 11.9. The summed E-state index contributed by atoms with van der Waals surface area (Å²) in [7, 11) is 0. The van der Waals surface area contributed by atoms with Gasteiger partial charge >= 0.3 is 5.97 Å². The van der Waals surface area contributed by atoms with Gasteiger partial charge in [0, 0.05) is 0 Å². The highest BCUT2D eigenvalue weighted by Crippen LogP contribution is 2.29. The fraction of sp³-hybridized carbons (Fsp3) is 0.100. The number of halogens is 1. The number of anilines is 1. The molecule has 0 fully saturated rings. The van der Waals surface area contributed by atoms with Crippen molar-refractivity contribution in [1.29, 1.82) is 0 Å². The molecule has 0 radical (unpaired) electrons. The van der Waals surface area contributed by atoms with Gasteiger partial charge in [-0.3, -0.25) is 4.79 Å². The summed E-state index contributed by atoms with van der Waals surface area (Å²) < 4.78 is 15.8. The van der Waals surface area contributed by atoms with Gasteiger partial charge in [0.05, 0.1) is 21.9 Å². The molecule has 30 heavy (non-hydrogen) atoms. The van der Waals surface area contributed by atoms with E-state index in [4.69, 9.17) is 25.2 Å². The Morgan fingerprint density at radius 1 is 1.20 bits per heavy atom. The molecule has 4 rings (SSSR count). The van der Waals surface area contributed by atoms with E-state index in [9.17, 15) is 9.59 Å². The van der Waals surface area contributed by atoms with E-state index < -0.39 is 11.9 Å². The number of aromatic nitrogens is 2. The predicted octanol–water partition coefficient (Wildman–Crippen LogP) is 4.96. The first kappa shape index (κ1) is 19.9. The van der Waals surface area contributed by atoms with E-state index in [-0.39, 0.29) is 24.1 Å². The number of amides is 1. The maximum Gasteiger partial charge on any atom is 0.349 e. The van der Waals surface area contributed by atoms with Gasteiger partial charge < -0.3 is 18.9 Å². The highest BCUT2D eigenvalue weighted by atomic mass is 35.5. The summed E-state index contributed by atoms with van der Waals surface area (Å²) in [6.45, 7) is 1.56. The van der Waals surface area contributed by atoms with E-state index >= 15 is 0 Å². The van der Waals surface area contributed by atoms with Crippen molar-refractivity contribution in [1.82, 2.24) is 10.2 Å². The largest absolute Gasteiger partial charge is 0.459 e. The Morgan fingerprint density at radius 2 is 2.03 bits per heavy atom. The molecule has 0 aliphatic heterocycles. The van der Waals surface area contributed by atoms with Gasteiger partial charge in [-0.25, -0.2) is 4.79 Å². The topological polar surface area (TPSA) is 107 Å². The van der Waals surface area contributed by atoms with E-state index in [1.165, 1.54) is 6.26 Å². The SMILES string of the molecule is Cc1cc(NC(=O)c2ccco2)sc1C(=O)OCc1nnc(-c2ccccc2Cl)o1. The lowest BCUT2D eigenvalue weighted by Gasteiger charge is -2.01. The third-order valence-electron chi connectivity index (χ3n) is 3.98. The maximum atomic E-state index is 12.4. The standard InChI is InChI=1S/C20H14ClN3O5S/c1-11-9-16(22-18(25)14-7-4-8-27-14)30-17(11)20(26)28-10-15-23-24-19(29-15)12-5-2-3-6-13(12)21/h2-9H,10H2,1H3,(H,22,25). The smallest absolute Gasteiger partial charge is 0.349 e. The number of esters is 1. The minimum absolute atomic E-state index is 0.138. The fourth-order valence-corrected chi connectivity index (χ4v) is 3.75. The number of nitrogens with one attached hydrogen (secondary N) is 1. The molecule has 3 heterocycles. The minimum Gasteiger partial charge on any atom is -0.459 e. The molecule has 0 spiro atoms. The third kappa shape index (κ3) is 4.27. The predicted molar refractivity (Wildman–Crippen MR) is 110 cm³/mol. The van der Waals surface area contributed by atoms with E-state index in [0.717, 1.165) is 11.3 Å². The van der Waals surface area contributed by atoms with Gasteiger partial charge in [0.15, 0.2) is 12.4 Å². The van der Waals surface area contributed by atoms with Crippen LogP contribution in [0.5, 0.6) is 0 Å². The molecule has 8 nitrogen and oxygen atoms in total. The summed E-state index contributed by atoms with van der Waals surface area (Å²) in [5, 5.41) is 11.5. The molecule has 0 aliphatic rings. The molecule has 1 amide bonds. The van der Waals surface area contributed by atoms with Crippen molar-refractivity contribution in [3.63, 3.8) is 0 Å². The van der Waals surface area contributed by atoms with Crippen molar-refractivity contribution >= 4 is 39.8 Å².